The van der Waals surface area contributed by atoms with Crippen molar-refractivity contribution in [3.05, 3.63) is 35.9 Å². The molecule has 0 saturated carbocycles. The average Bonchev–Trinajstić information content (AvgIpc) is 2.29. The maximum absolute atomic E-state index is 3.42. The zero-order chi connectivity index (χ0) is 10.5. The van der Waals surface area contributed by atoms with Gasteiger partial charge in [-0.3, -0.25) is 4.90 Å². The Morgan fingerprint density at radius 2 is 2.06 bits per heavy atom. The minimum absolute atomic E-state index is 0. The molecule has 1 fully saturated rings. The molecule has 1 aliphatic heterocycles. The molecule has 1 atom stereocenters. The maximum Gasteiger partial charge on any atom is 0.0193 e. The molecule has 1 aliphatic rings. The second-order valence-corrected chi connectivity index (χ2v) is 4.32. The largest absolute Gasteiger partial charge is 0.314 e. The van der Waals surface area contributed by atoms with Gasteiger partial charge in [0.15, 0.2) is 0 Å². The fraction of sp³-hybridized carbons (Fsp3) is 0.538. The Kier molecular flexibility index (Phi) is 5.81. The van der Waals surface area contributed by atoms with Crippen LogP contribution in [0.1, 0.15) is 12.5 Å². The first-order valence-electron chi connectivity index (χ1n) is 5.85. The summed E-state index contributed by atoms with van der Waals surface area (Å²) in [7, 11) is 0. The van der Waals surface area contributed by atoms with E-state index in [9.17, 15) is 0 Å². The fourth-order valence-electron chi connectivity index (χ4n) is 2.13. The van der Waals surface area contributed by atoms with E-state index >= 15 is 0 Å². The topological polar surface area (TPSA) is 15.3 Å². The molecule has 1 aromatic carbocycles. The SMILES string of the molecule is C[C@H]1CNCCN1CCc1ccccc1.Cl. The zero-order valence-corrected chi connectivity index (χ0v) is 10.7. The Morgan fingerprint density at radius 1 is 1.31 bits per heavy atom. The van der Waals surface area contributed by atoms with Crippen LogP contribution < -0.4 is 5.32 Å². The predicted octanol–water partition coefficient (Wildman–Crippen LogP) is 1.94. The van der Waals surface area contributed by atoms with E-state index in [4.69, 9.17) is 0 Å². The molecule has 16 heavy (non-hydrogen) atoms. The van der Waals surface area contributed by atoms with Crippen LogP contribution in [0.4, 0.5) is 0 Å². The first kappa shape index (κ1) is 13.5. The normalized spacial score (nSPS) is 21.4. The van der Waals surface area contributed by atoms with E-state index in [1.165, 1.54) is 25.1 Å². The molecule has 3 heteroatoms. The number of benzene rings is 1. The van der Waals surface area contributed by atoms with Crippen molar-refractivity contribution in [2.24, 2.45) is 0 Å². The summed E-state index contributed by atoms with van der Waals surface area (Å²) in [6, 6.07) is 11.4. The third-order valence-corrected chi connectivity index (χ3v) is 3.17. The molecule has 1 saturated heterocycles. The lowest BCUT2D eigenvalue weighted by Gasteiger charge is -2.33. The monoisotopic (exact) mass is 240 g/mol. The van der Waals surface area contributed by atoms with Gasteiger partial charge < -0.3 is 5.32 Å². The number of halogens is 1. The van der Waals surface area contributed by atoms with Crippen LogP contribution >= 0.6 is 12.4 Å². The molecule has 0 unspecified atom stereocenters. The number of nitrogens with one attached hydrogen (secondary N) is 1. The third kappa shape index (κ3) is 3.78. The van der Waals surface area contributed by atoms with Crippen LogP contribution in [0, 0.1) is 0 Å². The Hall–Kier alpha value is -0.570. The Labute approximate surface area is 104 Å². The van der Waals surface area contributed by atoms with Gasteiger partial charge in [-0.2, -0.15) is 0 Å². The van der Waals surface area contributed by atoms with E-state index in [1.807, 2.05) is 0 Å². The molecule has 0 amide bonds. The number of hydrogen-bond acceptors (Lipinski definition) is 2. The standard InChI is InChI=1S/C13H20N2.ClH/c1-12-11-14-8-10-15(12)9-7-13-5-3-2-4-6-13;/h2-6,12,14H,7-11H2,1H3;1H/t12-;/m0./s1. The third-order valence-electron chi connectivity index (χ3n) is 3.17. The van der Waals surface area contributed by atoms with Gasteiger partial charge in [-0.05, 0) is 18.9 Å². The van der Waals surface area contributed by atoms with Crippen molar-refractivity contribution in [1.29, 1.82) is 0 Å². The van der Waals surface area contributed by atoms with Gasteiger partial charge in [0.1, 0.15) is 0 Å². The van der Waals surface area contributed by atoms with Gasteiger partial charge >= 0.3 is 0 Å². The lowest BCUT2D eigenvalue weighted by molar-refractivity contribution is 0.176. The summed E-state index contributed by atoms with van der Waals surface area (Å²) in [4.78, 5) is 2.57. The van der Waals surface area contributed by atoms with Gasteiger partial charge in [0, 0.05) is 32.2 Å². The average molecular weight is 241 g/mol. The molecule has 90 valence electrons. The Bertz CT molecular complexity index is 289. The Morgan fingerprint density at radius 3 is 2.75 bits per heavy atom. The molecule has 1 N–H and O–H groups in total. The molecular formula is C13H21ClN2. The minimum Gasteiger partial charge on any atom is -0.314 e. The van der Waals surface area contributed by atoms with Gasteiger partial charge in [0.25, 0.3) is 0 Å². The van der Waals surface area contributed by atoms with Crippen molar-refractivity contribution in [2.45, 2.75) is 19.4 Å². The van der Waals surface area contributed by atoms with Crippen molar-refractivity contribution in [2.75, 3.05) is 26.2 Å². The highest BCUT2D eigenvalue weighted by atomic mass is 35.5. The zero-order valence-electron chi connectivity index (χ0n) is 9.86. The van der Waals surface area contributed by atoms with E-state index in [1.54, 1.807) is 0 Å². The van der Waals surface area contributed by atoms with E-state index in [2.05, 4.69) is 47.5 Å². The molecule has 2 rings (SSSR count). The highest BCUT2D eigenvalue weighted by molar-refractivity contribution is 5.85. The fourth-order valence-corrected chi connectivity index (χ4v) is 2.13. The lowest BCUT2D eigenvalue weighted by atomic mass is 10.1. The van der Waals surface area contributed by atoms with Crippen LogP contribution in [0.25, 0.3) is 0 Å². The quantitative estimate of drug-likeness (QED) is 0.869. The minimum atomic E-state index is 0. The summed E-state index contributed by atoms with van der Waals surface area (Å²) in [6.45, 7) is 6.95. The van der Waals surface area contributed by atoms with Crippen LogP contribution in [0.2, 0.25) is 0 Å². The lowest BCUT2D eigenvalue weighted by Crippen LogP contribution is -2.50. The van der Waals surface area contributed by atoms with E-state index in [-0.39, 0.29) is 12.4 Å². The first-order valence-corrected chi connectivity index (χ1v) is 5.85. The number of hydrogen-bond donors (Lipinski definition) is 1. The van der Waals surface area contributed by atoms with Crippen molar-refractivity contribution in [3.8, 4) is 0 Å². The van der Waals surface area contributed by atoms with Crippen molar-refractivity contribution < 1.29 is 0 Å². The summed E-state index contributed by atoms with van der Waals surface area (Å²) in [5, 5.41) is 3.42. The summed E-state index contributed by atoms with van der Waals surface area (Å²) in [6.07, 6.45) is 1.17. The molecular weight excluding hydrogens is 220 g/mol. The second-order valence-electron chi connectivity index (χ2n) is 4.32. The van der Waals surface area contributed by atoms with Gasteiger partial charge in [-0.25, -0.2) is 0 Å². The van der Waals surface area contributed by atoms with Crippen molar-refractivity contribution in [1.82, 2.24) is 10.2 Å². The van der Waals surface area contributed by atoms with Crippen molar-refractivity contribution in [3.63, 3.8) is 0 Å². The first-order chi connectivity index (χ1) is 7.36. The summed E-state index contributed by atoms with van der Waals surface area (Å²) in [5.74, 6) is 0. The predicted molar refractivity (Wildman–Crippen MR) is 71.3 cm³/mol. The summed E-state index contributed by atoms with van der Waals surface area (Å²) in [5.41, 5.74) is 1.45. The van der Waals surface area contributed by atoms with Crippen LogP contribution in [-0.4, -0.2) is 37.1 Å². The van der Waals surface area contributed by atoms with Gasteiger partial charge in [0.2, 0.25) is 0 Å². The Balaban J connectivity index is 0.00000128. The van der Waals surface area contributed by atoms with Crippen LogP contribution in [0.3, 0.4) is 0 Å². The molecule has 0 spiro atoms. The number of nitrogens with zero attached hydrogens (tertiary/aromatic N) is 1. The molecule has 1 aromatic rings. The van der Waals surface area contributed by atoms with Crippen LogP contribution in [-0.2, 0) is 6.42 Å². The summed E-state index contributed by atoms with van der Waals surface area (Å²) >= 11 is 0. The van der Waals surface area contributed by atoms with Crippen molar-refractivity contribution >= 4 is 12.4 Å². The van der Waals surface area contributed by atoms with Crippen LogP contribution in [0.5, 0.6) is 0 Å². The van der Waals surface area contributed by atoms with Crippen LogP contribution in [0.15, 0.2) is 30.3 Å². The number of rotatable bonds is 3. The van der Waals surface area contributed by atoms with Gasteiger partial charge in [-0.15, -0.1) is 12.4 Å². The highest BCUT2D eigenvalue weighted by Gasteiger charge is 2.16. The van der Waals surface area contributed by atoms with Gasteiger partial charge in [0.05, 0.1) is 0 Å². The molecule has 0 bridgehead atoms. The second kappa shape index (κ2) is 6.89. The molecule has 0 radical (unpaired) electrons. The highest BCUT2D eigenvalue weighted by Crippen LogP contribution is 2.06. The number of piperazine rings is 1. The molecule has 1 heterocycles. The van der Waals surface area contributed by atoms with E-state index in [0.29, 0.717) is 6.04 Å². The van der Waals surface area contributed by atoms with E-state index < -0.39 is 0 Å². The maximum atomic E-state index is 3.42. The molecule has 0 aliphatic carbocycles. The molecule has 2 nitrogen and oxygen atoms in total. The van der Waals surface area contributed by atoms with E-state index in [0.717, 1.165) is 13.1 Å². The smallest absolute Gasteiger partial charge is 0.0193 e. The molecule has 0 aromatic heterocycles. The van der Waals surface area contributed by atoms with Gasteiger partial charge in [-0.1, -0.05) is 30.3 Å². The summed E-state index contributed by atoms with van der Waals surface area (Å²) < 4.78 is 0.